The van der Waals surface area contributed by atoms with Crippen molar-refractivity contribution < 1.29 is 8.81 Å². The van der Waals surface area contributed by atoms with Gasteiger partial charge in [-0.15, -0.1) is 0 Å². The van der Waals surface area contributed by atoms with Crippen LogP contribution in [0, 0.1) is 5.82 Å². The molecule has 0 saturated heterocycles. The minimum Gasteiger partial charge on any atom is -0.453 e. The van der Waals surface area contributed by atoms with Crippen molar-refractivity contribution in [3.05, 3.63) is 57.2 Å². The largest absolute Gasteiger partial charge is 0.453 e. The summed E-state index contributed by atoms with van der Waals surface area (Å²) in [5, 5.41) is 3.87. The first-order chi connectivity index (χ1) is 9.60. The Bertz CT molecular complexity index is 573. The van der Waals surface area contributed by atoms with E-state index in [1.54, 1.807) is 6.07 Å². The highest BCUT2D eigenvalue weighted by Crippen LogP contribution is 2.27. The van der Waals surface area contributed by atoms with Crippen LogP contribution in [-0.4, -0.2) is 6.54 Å². The quantitative estimate of drug-likeness (QED) is 0.773. The Balaban J connectivity index is 2.18. The predicted octanol–water partition coefficient (Wildman–Crippen LogP) is 5.12. The van der Waals surface area contributed by atoms with Crippen molar-refractivity contribution in [2.75, 3.05) is 6.54 Å². The van der Waals surface area contributed by atoms with Gasteiger partial charge in [0.15, 0.2) is 4.67 Å². The lowest BCUT2D eigenvalue weighted by atomic mass is 10.0. The molecule has 0 radical (unpaired) electrons. The van der Waals surface area contributed by atoms with Crippen molar-refractivity contribution >= 4 is 27.5 Å². The lowest BCUT2D eigenvalue weighted by Gasteiger charge is -2.17. The normalized spacial score (nSPS) is 12.6. The summed E-state index contributed by atoms with van der Waals surface area (Å²) in [5.74, 6) is 0.517. The van der Waals surface area contributed by atoms with Gasteiger partial charge in [-0.05, 0) is 65.1 Å². The smallest absolute Gasteiger partial charge is 0.169 e. The molecule has 0 fully saturated rings. The highest BCUT2D eigenvalue weighted by molar-refractivity contribution is 9.10. The molecule has 1 aromatic carbocycles. The molecule has 0 spiro atoms. The van der Waals surface area contributed by atoms with Gasteiger partial charge in [0.05, 0.1) is 6.04 Å². The lowest BCUT2D eigenvalue weighted by molar-refractivity contribution is 0.400. The Labute approximate surface area is 131 Å². The van der Waals surface area contributed by atoms with Crippen LogP contribution in [0.25, 0.3) is 0 Å². The first-order valence-electron chi connectivity index (χ1n) is 6.52. The van der Waals surface area contributed by atoms with Crippen LogP contribution in [0.2, 0.25) is 5.02 Å². The minimum absolute atomic E-state index is 0.0178. The van der Waals surface area contributed by atoms with Crippen molar-refractivity contribution in [3.8, 4) is 0 Å². The molecule has 1 unspecified atom stereocenters. The van der Waals surface area contributed by atoms with Crippen LogP contribution >= 0.6 is 27.5 Å². The predicted molar refractivity (Wildman–Crippen MR) is 82.6 cm³/mol. The van der Waals surface area contributed by atoms with Crippen LogP contribution in [0.5, 0.6) is 0 Å². The summed E-state index contributed by atoms with van der Waals surface area (Å²) in [6.07, 6.45) is 1.68. The zero-order chi connectivity index (χ0) is 14.5. The van der Waals surface area contributed by atoms with E-state index in [2.05, 4.69) is 28.2 Å². The Morgan fingerprint density at radius 1 is 1.35 bits per heavy atom. The summed E-state index contributed by atoms with van der Waals surface area (Å²) in [6, 6.07) is 8.29. The summed E-state index contributed by atoms with van der Waals surface area (Å²) < 4.78 is 19.4. The molecule has 0 saturated carbocycles. The molecule has 5 heteroatoms. The van der Waals surface area contributed by atoms with Gasteiger partial charge in [-0.2, -0.15) is 0 Å². The summed E-state index contributed by atoms with van der Waals surface area (Å²) in [4.78, 5) is 0. The second-order valence-electron chi connectivity index (χ2n) is 4.59. The number of nitrogens with one attached hydrogen (secondary N) is 1. The van der Waals surface area contributed by atoms with Gasteiger partial charge in [-0.1, -0.05) is 24.6 Å². The first-order valence-corrected chi connectivity index (χ1v) is 7.69. The van der Waals surface area contributed by atoms with Gasteiger partial charge in [0.2, 0.25) is 0 Å². The Hall–Kier alpha value is -0.840. The van der Waals surface area contributed by atoms with E-state index in [0.29, 0.717) is 16.1 Å². The Kier molecular flexibility index (Phi) is 5.64. The zero-order valence-corrected chi connectivity index (χ0v) is 13.5. The maximum Gasteiger partial charge on any atom is 0.169 e. The van der Waals surface area contributed by atoms with Gasteiger partial charge in [-0.3, -0.25) is 0 Å². The standard InChI is InChI=1S/C15H16BrClFNO/c1-2-7-19-13(14-5-6-15(16)20-14)8-10-3-4-11(18)9-12(10)17/h3-6,9,13,19H,2,7-8H2,1H3. The molecule has 1 atom stereocenters. The maximum absolute atomic E-state index is 13.1. The molecular weight excluding hydrogens is 345 g/mol. The Morgan fingerprint density at radius 2 is 2.15 bits per heavy atom. The molecule has 1 heterocycles. The van der Waals surface area contributed by atoms with Crippen LogP contribution < -0.4 is 5.32 Å². The first kappa shape index (κ1) is 15.5. The minimum atomic E-state index is -0.322. The topological polar surface area (TPSA) is 25.2 Å². The van der Waals surface area contributed by atoms with E-state index in [9.17, 15) is 4.39 Å². The fourth-order valence-electron chi connectivity index (χ4n) is 2.01. The molecule has 1 aromatic heterocycles. The van der Waals surface area contributed by atoms with Crippen molar-refractivity contribution in [3.63, 3.8) is 0 Å². The third-order valence-electron chi connectivity index (χ3n) is 3.02. The van der Waals surface area contributed by atoms with E-state index in [1.807, 2.05) is 12.1 Å². The molecule has 2 nitrogen and oxygen atoms in total. The maximum atomic E-state index is 13.1. The van der Waals surface area contributed by atoms with Crippen LogP contribution in [-0.2, 0) is 6.42 Å². The molecule has 2 aromatic rings. The molecule has 0 aliphatic rings. The third-order valence-corrected chi connectivity index (χ3v) is 3.80. The van der Waals surface area contributed by atoms with E-state index in [1.165, 1.54) is 12.1 Å². The van der Waals surface area contributed by atoms with Crippen LogP contribution in [0.4, 0.5) is 4.39 Å². The van der Waals surface area contributed by atoms with Gasteiger partial charge in [0.1, 0.15) is 11.6 Å². The highest BCUT2D eigenvalue weighted by atomic mass is 79.9. The van der Waals surface area contributed by atoms with E-state index in [0.717, 1.165) is 24.3 Å². The number of hydrogen-bond acceptors (Lipinski definition) is 2. The number of halogens is 3. The van der Waals surface area contributed by atoms with Gasteiger partial charge in [0, 0.05) is 5.02 Å². The molecule has 0 aliphatic carbocycles. The van der Waals surface area contributed by atoms with E-state index < -0.39 is 0 Å². The average molecular weight is 361 g/mol. The summed E-state index contributed by atoms with van der Waals surface area (Å²) in [7, 11) is 0. The average Bonchev–Trinajstić information content (AvgIpc) is 2.83. The van der Waals surface area contributed by atoms with Crippen molar-refractivity contribution in [1.82, 2.24) is 5.32 Å². The van der Waals surface area contributed by atoms with E-state index in [4.69, 9.17) is 16.0 Å². The molecule has 2 rings (SSSR count). The second-order valence-corrected chi connectivity index (χ2v) is 5.78. The number of hydrogen-bond donors (Lipinski definition) is 1. The molecule has 0 amide bonds. The lowest BCUT2D eigenvalue weighted by Crippen LogP contribution is -2.23. The molecule has 0 aliphatic heterocycles. The van der Waals surface area contributed by atoms with Gasteiger partial charge in [-0.25, -0.2) is 4.39 Å². The molecular formula is C15H16BrClFNO. The fourth-order valence-corrected chi connectivity index (χ4v) is 2.58. The van der Waals surface area contributed by atoms with Crippen molar-refractivity contribution in [2.45, 2.75) is 25.8 Å². The SMILES string of the molecule is CCCNC(Cc1ccc(F)cc1Cl)c1ccc(Br)o1. The number of furan rings is 1. The summed E-state index contributed by atoms with van der Waals surface area (Å²) >= 11 is 9.40. The van der Waals surface area contributed by atoms with E-state index >= 15 is 0 Å². The molecule has 0 bridgehead atoms. The van der Waals surface area contributed by atoms with Crippen molar-refractivity contribution in [2.24, 2.45) is 0 Å². The van der Waals surface area contributed by atoms with E-state index in [-0.39, 0.29) is 11.9 Å². The van der Waals surface area contributed by atoms with Crippen LogP contribution in [0.15, 0.2) is 39.4 Å². The van der Waals surface area contributed by atoms with Crippen LogP contribution in [0.3, 0.4) is 0 Å². The van der Waals surface area contributed by atoms with Gasteiger partial charge in [0.25, 0.3) is 0 Å². The summed E-state index contributed by atoms with van der Waals surface area (Å²) in [5.41, 5.74) is 0.897. The number of benzene rings is 1. The van der Waals surface area contributed by atoms with Gasteiger partial charge < -0.3 is 9.73 Å². The molecule has 108 valence electrons. The van der Waals surface area contributed by atoms with Crippen LogP contribution in [0.1, 0.15) is 30.7 Å². The monoisotopic (exact) mass is 359 g/mol. The zero-order valence-electron chi connectivity index (χ0n) is 11.1. The molecule has 1 N–H and O–H groups in total. The second kappa shape index (κ2) is 7.25. The highest BCUT2D eigenvalue weighted by Gasteiger charge is 2.17. The Morgan fingerprint density at radius 3 is 2.75 bits per heavy atom. The fraction of sp³-hybridized carbons (Fsp3) is 0.333. The molecule has 20 heavy (non-hydrogen) atoms. The third kappa shape index (κ3) is 4.08. The summed E-state index contributed by atoms with van der Waals surface area (Å²) in [6.45, 7) is 2.98. The van der Waals surface area contributed by atoms with Crippen molar-refractivity contribution in [1.29, 1.82) is 0 Å². The van der Waals surface area contributed by atoms with Gasteiger partial charge >= 0.3 is 0 Å². The number of rotatable bonds is 6.